The van der Waals surface area contributed by atoms with Gasteiger partial charge in [-0.25, -0.2) is 0 Å². The third-order valence-electron chi connectivity index (χ3n) is 23.3. The molecule has 0 saturated carbocycles. The molecule has 0 fully saturated rings. The third-order valence-corrected chi connectivity index (χ3v) is 25.6. The standard InChI is InChI=1S/C62H44N2S.C58H42N2S/c1-4-13-45(14-5-1)47-23-33-54(34-24-47)63(55-35-25-48(26-36-55)46-15-6-2-7-16-46)56-37-27-49(28-38-56)50-29-39-57(40-30-50)64(60-22-12-20-51-17-10-11-21-59(51)60)58-41-31-53(32-42-58)62-44-43-61(65-62)52-18-8-3-9-19-52;1-5-13-43(14-6-1)45-21-31-53(32-22-45)60(54-33-23-46(24-34-54)44-15-7-2-8-16-44)55-37-27-48(28-38-55)47-25-35-52(36-26-47)59(51-19-11-4-12-20-51)56-39-29-50(30-40-56)58-42-41-57(61-58)49-17-9-3-10-18-49/h1-44H;1-42H. The van der Waals surface area contributed by atoms with Gasteiger partial charge in [-0.1, -0.05) is 358 Å². The summed E-state index contributed by atoms with van der Waals surface area (Å²) in [6.45, 7) is 0. The molecular formula is C120H86N4S2. The van der Waals surface area contributed by atoms with Crippen molar-refractivity contribution in [3.63, 3.8) is 0 Å². The van der Waals surface area contributed by atoms with Crippen molar-refractivity contribution in [3.8, 4) is 109 Å². The molecular weight excluding hydrogens is 1560 g/mol. The average Bonchev–Trinajstić information content (AvgIpc) is 0.885. The third kappa shape index (κ3) is 17.4. The Morgan fingerprint density at radius 3 is 0.524 bits per heavy atom. The second-order valence-electron chi connectivity index (χ2n) is 31.2. The molecule has 0 amide bonds. The quantitative estimate of drug-likeness (QED) is 0.0670. The van der Waals surface area contributed by atoms with Crippen LogP contribution in [0.15, 0.2) is 522 Å². The van der Waals surface area contributed by atoms with Gasteiger partial charge in [0.25, 0.3) is 0 Å². The normalized spacial score (nSPS) is 11.0. The van der Waals surface area contributed by atoms with Crippen LogP contribution in [0.4, 0.5) is 68.2 Å². The number of thiophene rings is 2. The van der Waals surface area contributed by atoms with Crippen LogP contribution in [0.25, 0.3) is 119 Å². The van der Waals surface area contributed by atoms with E-state index in [0.29, 0.717) is 0 Å². The summed E-state index contributed by atoms with van der Waals surface area (Å²) in [4.78, 5) is 14.4. The SMILES string of the molecule is c1ccc(-c2ccc(N(c3ccc(-c4ccccc4)cc3)c3ccc(-c4ccc(N(c5ccc(-c6ccc(-c7ccccc7)s6)cc5)c5cccc6ccccc56)cc4)cc3)cc2)cc1.c1ccc(-c2ccc(N(c3ccc(-c4ccccc4)cc3)c3ccc(-c4ccc(N(c5ccccc5)c5ccc(-c6ccc(-c7ccccc7)s6)cc5)cc4)cc3)cc2)cc1. The Bertz CT molecular complexity index is 6950. The minimum Gasteiger partial charge on any atom is -0.311 e. The van der Waals surface area contributed by atoms with Crippen LogP contribution < -0.4 is 19.6 Å². The van der Waals surface area contributed by atoms with Crippen molar-refractivity contribution in [2.24, 2.45) is 0 Å². The van der Waals surface area contributed by atoms with Crippen molar-refractivity contribution >= 4 is 102 Å². The molecule has 0 bridgehead atoms. The van der Waals surface area contributed by atoms with Gasteiger partial charge in [0, 0.05) is 87.5 Å². The number of anilines is 12. The van der Waals surface area contributed by atoms with Crippen molar-refractivity contribution < 1.29 is 0 Å². The molecule has 21 rings (SSSR count). The maximum absolute atomic E-state index is 2.38. The molecule has 2 aromatic heterocycles. The highest BCUT2D eigenvalue weighted by Gasteiger charge is 2.22. The van der Waals surface area contributed by atoms with Gasteiger partial charge in [-0.3, -0.25) is 0 Å². The van der Waals surface area contributed by atoms with Crippen LogP contribution >= 0.6 is 22.7 Å². The van der Waals surface area contributed by atoms with Crippen LogP contribution in [-0.2, 0) is 0 Å². The first-order valence-electron chi connectivity index (χ1n) is 42.7. The van der Waals surface area contributed by atoms with Gasteiger partial charge in [0.05, 0.1) is 5.69 Å². The highest BCUT2D eigenvalue weighted by atomic mass is 32.1. The summed E-state index contributed by atoms with van der Waals surface area (Å²) in [6.07, 6.45) is 0. The molecule has 21 aromatic rings. The van der Waals surface area contributed by atoms with E-state index < -0.39 is 0 Å². The van der Waals surface area contributed by atoms with Crippen molar-refractivity contribution in [2.45, 2.75) is 0 Å². The molecule has 0 aliphatic rings. The van der Waals surface area contributed by atoms with E-state index in [1.54, 1.807) is 0 Å². The smallest absolute Gasteiger partial charge is 0.0540 e. The van der Waals surface area contributed by atoms with Gasteiger partial charge >= 0.3 is 0 Å². The summed E-state index contributed by atoms with van der Waals surface area (Å²) in [6, 6.07) is 187. The number of hydrogen-bond donors (Lipinski definition) is 0. The Hall–Kier alpha value is -16.0. The average molecular weight is 1650 g/mol. The molecule has 0 aliphatic heterocycles. The van der Waals surface area contributed by atoms with Crippen LogP contribution in [0.1, 0.15) is 0 Å². The Morgan fingerprint density at radius 1 is 0.111 bits per heavy atom. The predicted octanol–water partition coefficient (Wildman–Crippen LogP) is 35.2. The summed E-state index contributed by atoms with van der Waals surface area (Å²) in [5.41, 5.74) is 32.5. The van der Waals surface area contributed by atoms with E-state index in [0.717, 1.165) is 90.5 Å². The Balaban J connectivity index is 0.000000159. The highest BCUT2D eigenvalue weighted by molar-refractivity contribution is 7.19. The van der Waals surface area contributed by atoms with Crippen LogP contribution in [0.2, 0.25) is 0 Å². The summed E-state index contributed by atoms with van der Waals surface area (Å²) in [7, 11) is 0. The first-order valence-corrected chi connectivity index (χ1v) is 44.4. The maximum atomic E-state index is 2.38. The zero-order valence-electron chi connectivity index (χ0n) is 69.3. The summed E-state index contributed by atoms with van der Waals surface area (Å²) < 4.78 is 0. The molecule has 126 heavy (non-hydrogen) atoms. The lowest BCUT2D eigenvalue weighted by atomic mass is 10.0. The fraction of sp³-hybridized carbons (Fsp3) is 0. The molecule has 598 valence electrons. The monoisotopic (exact) mass is 1650 g/mol. The van der Waals surface area contributed by atoms with Gasteiger partial charge in [-0.05, 0) is 258 Å². The Kier molecular flexibility index (Phi) is 22.9. The first kappa shape index (κ1) is 78.6. The molecule has 0 spiro atoms. The minimum atomic E-state index is 1.09. The molecule has 6 heteroatoms. The number of benzene rings is 19. The fourth-order valence-corrected chi connectivity index (χ4v) is 18.8. The van der Waals surface area contributed by atoms with Gasteiger partial charge < -0.3 is 19.6 Å². The summed E-state index contributed by atoms with van der Waals surface area (Å²) in [5.74, 6) is 0. The van der Waals surface area contributed by atoms with Crippen LogP contribution in [0.3, 0.4) is 0 Å². The molecule has 2 heterocycles. The van der Waals surface area contributed by atoms with Crippen LogP contribution in [0.5, 0.6) is 0 Å². The second-order valence-corrected chi connectivity index (χ2v) is 33.3. The van der Waals surface area contributed by atoms with E-state index in [4.69, 9.17) is 0 Å². The van der Waals surface area contributed by atoms with E-state index in [1.807, 2.05) is 22.7 Å². The number of hydrogen-bond acceptors (Lipinski definition) is 6. The van der Waals surface area contributed by atoms with Gasteiger partial charge in [0.1, 0.15) is 0 Å². The predicted molar refractivity (Wildman–Crippen MR) is 539 cm³/mol. The van der Waals surface area contributed by atoms with Crippen molar-refractivity contribution in [1.82, 2.24) is 0 Å². The maximum Gasteiger partial charge on any atom is 0.0540 e. The highest BCUT2D eigenvalue weighted by Crippen LogP contribution is 2.46. The van der Waals surface area contributed by atoms with Gasteiger partial charge in [0.2, 0.25) is 0 Å². The second kappa shape index (κ2) is 36.8. The van der Waals surface area contributed by atoms with Gasteiger partial charge in [-0.15, -0.1) is 22.7 Å². The lowest BCUT2D eigenvalue weighted by Gasteiger charge is -2.27. The Labute approximate surface area is 746 Å². The minimum absolute atomic E-state index is 1.09. The summed E-state index contributed by atoms with van der Waals surface area (Å²) in [5, 5.41) is 2.42. The molecule has 4 nitrogen and oxygen atoms in total. The number of rotatable bonds is 22. The largest absolute Gasteiger partial charge is 0.311 e. The topological polar surface area (TPSA) is 13.0 Å². The zero-order chi connectivity index (χ0) is 84.2. The summed E-state index contributed by atoms with van der Waals surface area (Å²) >= 11 is 3.66. The van der Waals surface area contributed by atoms with E-state index in [-0.39, 0.29) is 0 Å². The molecule has 0 saturated heterocycles. The molecule has 0 atom stereocenters. The van der Waals surface area contributed by atoms with E-state index in [2.05, 4.69) is 541 Å². The Morgan fingerprint density at radius 2 is 0.278 bits per heavy atom. The lowest BCUT2D eigenvalue weighted by molar-refractivity contribution is 1.28. The van der Waals surface area contributed by atoms with E-state index in [1.165, 1.54) is 97.0 Å². The molecule has 0 N–H and O–H groups in total. The van der Waals surface area contributed by atoms with Crippen LogP contribution in [0, 0.1) is 0 Å². The molecule has 19 aromatic carbocycles. The lowest BCUT2D eigenvalue weighted by Crippen LogP contribution is -2.10. The van der Waals surface area contributed by atoms with Crippen molar-refractivity contribution in [3.05, 3.63) is 522 Å². The first-order chi connectivity index (χ1) is 62.4. The van der Waals surface area contributed by atoms with Gasteiger partial charge in [-0.2, -0.15) is 0 Å². The fourth-order valence-electron chi connectivity index (χ4n) is 16.7. The van der Waals surface area contributed by atoms with Gasteiger partial charge in [0.15, 0.2) is 0 Å². The van der Waals surface area contributed by atoms with Crippen molar-refractivity contribution in [2.75, 3.05) is 19.6 Å². The molecule has 0 radical (unpaired) electrons. The van der Waals surface area contributed by atoms with Crippen LogP contribution in [-0.4, -0.2) is 0 Å². The van der Waals surface area contributed by atoms with E-state index >= 15 is 0 Å². The number of para-hydroxylation sites is 1. The number of fused-ring (bicyclic) bond motifs is 1. The number of nitrogens with zero attached hydrogens (tertiary/aromatic N) is 4. The zero-order valence-corrected chi connectivity index (χ0v) is 70.9. The van der Waals surface area contributed by atoms with Crippen molar-refractivity contribution in [1.29, 1.82) is 0 Å². The molecule has 0 aliphatic carbocycles. The van der Waals surface area contributed by atoms with E-state index in [9.17, 15) is 0 Å². The molecule has 0 unspecified atom stereocenters.